The summed E-state index contributed by atoms with van der Waals surface area (Å²) in [6.45, 7) is 4.85. The number of benzene rings is 2. The molecule has 0 aromatic heterocycles. The lowest BCUT2D eigenvalue weighted by atomic mass is 10.2. The number of hydrogen-bond donors (Lipinski definition) is 2. The van der Waals surface area contributed by atoms with Crippen molar-refractivity contribution in [3.63, 3.8) is 0 Å². The van der Waals surface area contributed by atoms with Gasteiger partial charge in [0.05, 0.1) is 0 Å². The molecule has 0 saturated heterocycles. The van der Waals surface area contributed by atoms with Crippen LogP contribution in [0.1, 0.15) is 36.0 Å². The van der Waals surface area contributed by atoms with E-state index in [-0.39, 0.29) is 12.4 Å². The topological polar surface area (TPSA) is 41.5 Å². The van der Waals surface area contributed by atoms with Gasteiger partial charge < -0.3 is 15.2 Å². The van der Waals surface area contributed by atoms with Gasteiger partial charge in [0, 0.05) is 13.2 Å². The van der Waals surface area contributed by atoms with Crippen LogP contribution in [0.25, 0.3) is 0 Å². The van der Waals surface area contributed by atoms with Crippen molar-refractivity contribution in [3.05, 3.63) is 65.2 Å². The summed E-state index contributed by atoms with van der Waals surface area (Å²) in [4.78, 5) is 0. The van der Waals surface area contributed by atoms with Gasteiger partial charge in [-0.2, -0.15) is 0 Å². The van der Waals surface area contributed by atoms with Gasteiger partial charge in [0.1, 0.15) is 12.4 Å². The van der Waals surface area contributed by atoms with Gasteiger partial charge in [0.25, 0.3) is 0 Å². The van der Waals surface area contributed by atoms with Gasteiger partial charge in [-0.1, -0.05) is 42.0 Å². The van der Waals surface area contributed by atoms with Crippen molar-refractivity contribution >= 4 is 12.4 Å². The Hall–Kier alpha value is -1.55. The van der Waals surface area contributed by atoms with E-state index in [1.807, 2.05) is 12.1 Å². The van der Waals surface area contributed by atoms with Crippen molar-refractivity contribution in [2.45, 2.75) is 39.3 Å². The smallest absolute Gasteiger partial charge is 0.119 e. The molecule has 24 heavy (non-hydrogen) atoms. The van der Waals surface area contributed by atoms with Crippen molar-refractivity contribution in [1.82, 2.24) is 5.32 Å². The molecule has 0 unspecified atom stereocenters. The molecule has 0 aliphatic rings. The molecule has 2 aromatic rings. The van der Waals surface area contributed by atoms with Crippen LogP contribution in [-0.2, 0) is 13.2 Å². The summed E-state index contributed by atoms with van der Waals surface area (Å²) in [6, 6.07) is 16.7. The Morgan fingerprint density at radius 3 is 2.21 bits per heavy atom. The molecule has 4 heteroatoms. The van der Waals surface area contributed by atoms with Crippen LogP contribution in [0, 0.1) is 6.92 Å². The van der Waals surface area contributed by atoms with E-state index in [9.17, 15) is 0 Å². The molecule has 0 heterocycles. The van der Waals surface area contributed by atoms with E-state index >= 15 is 0 Å². The lowest BCUT2D eigenvalue weighted by Gasteiger charge is -2.08. The van der Waals surface area contributed by atoms with Crippen molar-refractivity contribution < 1.29 is 9.84 Å². The molecule has 0 aliphatic carbocycles. The van der Waals surface area contributed by atoms with Gasteiger partial charge in [-0.15, -0.1) is 12.4 Å². The number of aliphatic hydroxyl groups excluding tert-OH is 1. The number of unbranched alkanes of at least 4 members (excludes halogenated alkanes) is 2. The summed E-state index contributed by atoms with van der Waals surface area (Å²) in [5.41, 5.74) is 3.71. The summed E-state index contributed by atoms with van der Waals surface area (Å²) in [5, 5.41) is 12.1. The normalized spacial score (nSPS) is 10.2. The zero-order valence-electron chi connectivity index (χ0n) is 14.3. The van der Waals surface area contributed by atoms with Gasteiger partial charge in [0.2, 0.25) is 0 Å². The lowest BCUT2D eigenvalue weighted by molar-refractivity contribution is 0.283. The first-order chi connectivity index (χ1) is 11.3. The number of rotatable bonds is 10. The summed E-state index contributed by atoms with van der Waals surface area (Å²) in [7, 11) is 0. The minimum Gasteiger partial charge on any atom is -0.489 e. The minimum atomic E-state index is 0. The third-order valence-corrected chi connectivity index (χ3v) is 3.79. The molecule has 0 atom stereocenters. The average Bonchev–Trinajstić information content (AvgIpc) is 2.58. The van der Waals surface area contributed by atoms with Gasteiger partial charge in [-0.05, 0) is 56.0 Å². The number of aliphatic hydroxyl groups is 1. The Morgan fingerprint density at radius 1 is 0.875 bits per heavy atom. The second-order valence-electron chi connectivity index (χ2n) is 5.88. The first-order valence-corrected chi connectivity index (χ1v) is 8.37. The minimum absolute atomic E-state index is 0. The van der Waals surface area contributed by atoms with Crippen LogP contribution < -0.4 is 10.1 Å². The van der Waals surface area contributed by atoms with E-state index in [1.165, 1.54) is 16.7 Å². The molecule has 0 radical (unpaired) electrons. The van der Waals surface area contributed by atoms with E-state index < -0.39 is 0 Å². The van der Waals surface area contributed by atoms with Crippen LogP contribution in [0.3, 0.4) is 0 Å². The molecule has 3 nitrogen and oxygen atoms in total. The zero-order valence-corrected chi connectivity index (χ0v) is 15.1. The van der Waals surface area contributed by atoms with Crippen molar-refractivity contribution in [2.24, 2.45) is 0 Å². The molecule has 2 rings (SSSR count). The van der Waals surface area contributed by atoms with E-state index in [4.69, 9.17) is 9.84 Å². The summed E-state index contributed by atoms with van der Waals surface area (Å²) >= 11 is 0. The van der Waals surface area contributed by atoms with Gasteiger partial charge in [0.15, 0.2) is 0 Å². The maximum absolute atomic E-state index is 8.72. The first-order valence-electron chi connectivity index (χ1n) is 8.37. The zero-order chi connectivity index (χ0) is 16.3. The van der Waals surface area contributed by atoms with Crippen LogP contribution in [0.15, 0.2) is 48.5 Å². The molecule has 0 bridgehead atoms. The summed E-state index contributed by atoms with van der Waals surface area (Å²) < 4.78 is 5.81. The Kier molecular flexibility index (Phi) is 10.2. The number of halogens is 1. The Morgan fingerprint density at radius 2 is 1.54 bits per heavy atom. The molecule has 0 fully saturated rings. The largest absolute Gasteiger partial charge is 0.489 e. The van der Waals surface area contributed by atoms with Crippen LogP contribution in [-0.4, -0.2) is 18.3 Å². The maximum atomic E-state index is 8.72. The van der Waals surface area contributed by atoms with Crippen LogP contribution in [0.5, 0.6) is 5.75 Å². The molecule has 0 aliphatic heterocycles. The molecule has 0 saturated carbocycles. The fraction of sp³-hybridized carbons (Fsp3) is 0.400. The Balaban J connectivity index is 0.00000288. The van der Waals surface area contributed by atoms with Crippen molar-refractivity contribution in [3.8, 4) is 5.75 Å². The fourth-order valence-corrected chi connectivity index (χ4v) is 2.33. The van der Waals surface area contributed by atoms with E-state index in [2.05, 4.69) is 48.6 Å². The fourth-order valence-electron chi connectivity index (χ4n) is 2.33. The highest BCUT2D eigenvalue weighted by molar-refractivity contribution is 5.85. The first kappa shape index (κ1) is 20.5. The highest BCUT2D eigenvalue weighted by atomic mass is 35.5. The number of nitrogens with one attached hydrogen (secondary N) is 1. The molecule has 2 aromatic carbocycles. The Labute approximate surface area is 151 Å². The van der Waals surface area contributed by atoms with E-state index in [0.29, 0.717) is 13.2 Å². The SMILES string of the molecule is Cc1ccc(COc2ccc(CNCCCCCO)cc2)cc1.Cl. The Bertz CT molecular complexity index is 555. The average molecular weight is 350 g/mol. The molecular formula is C20H28ClNO2. The molecule has 2 N–H and O–H groups in total. The standard InChI is InChI=1S/C20H27NO2.ClH/c1-17-5-7-19(8-6-17)16-23-20-11-9-18(10-12-20)15-21-13-3-2-4-14-22;/h5-12,21-22H,2-4,13-16H2,1H3;1H. The van der Waals surface area contributed by atoms with Crippen LogP contribution in [0.2, 0.25) is 0 Å². The lowest BCUT2D eigenvalue weighted by Crippen LogP contribution is -2.14. The van der Waals surface area contributed by atoms with Gasteiger partial charge in [-0.3, -0.25) is 0 Å². The second-order valence-corrected chi connectivity index (χ2v) is 5.88. The quantitative estimate of drug-likeness (QED) is 0.630. The van der Waals surface area contributed by atoms with E-state index in [0.717, 1.165) is 38.1 Å². The van der Waals surface area contributed by atoms with E-state index in [1.54, 1.807) is 0 Å². The summed E-state index contributed by atoms with van der Waals surface area (Å²) in [6.07, 6.45) is 3.09. The number of aryl methyl sites for hydroxylation is 1. The molecule has 0 amide bonds. The highest BCUT2D eigenvalue weighted by Gasteiger charge is 1.98. The predicted octanol–water partition coefficient (Wildman–Crippen LogP) is 4.25. The number of hydrogen-bond acceptors (Lipinski definition) is 3. The summed E-state index contributed by atoms with van der Waals surface area (Å²) in [5.74, 6) is 0.900. The number of ether oxygens (including phenoxy) is 1. The molecular weight excluding hydrogens is 322 g/mol. The van der Waals surface area contributed by atoms with Crippen LogP contribution in [0.4, 0.5) is 0 Å². The molecule has 0 spiro atoms. The van der Waals surface area contributed by atoms with Gasteiger partial charge in [-0.25, -0.2) is 0 Å². The van der Waals surface area contributed by atoms with Crippen molar-refractivity contribution in [2.75, 3.05) is 13.2 Å². The third kappa shape index (κ3) is 7.82. The second kappa shape index (κ2) is 11.9. The molecule has 132 valence electrons. The maximum Gasteiger partial charge on any atom is 0.119 e. The highest BCUT2D eigenvalue weighted by Crippen LogP contribution is 2.14. The van der Waals surface area contributed by atoms with Crippen LogP contribution >= 0.6 is 12.4 Å². The third-order valence-electron chi connectivity index (χ3n) is 3.79. The predicted molar refractivity (Wildman–Crippen MR) is 102 cm³/mol. The monoisotopic (exact) mass is 349 g/mol. The van der Waals surface area contributed by atoms with Gasteiger partial charge >= 0.3 is 0 Å². The van der Waals surface area contributed by atoms with Crippen molar-refractivity contribution in [1.29, 1.82) is 0 Å².